The Labute approximate surface area is 107 Å². The van der Waals surface area contributed by atoms with Gasteiger partial charge in [0.1, 0.15) is 0 Å². The van der Waals surface area contributed by atoms with Gasteiger partial charge in [0.25, 0.3) is 9.84 Å². The second kappa shape index (κ2) is 5.60. The minimum atomic E-state index is -5.45. The molecule has 0 bridgehead atoms. The molecule has 0 radical (unpaired) electrons. The topological polar surface area (TPSA) is 71.4 Å². The van der Waals surface area contributed by atoms with Crippen LogP contribution in [0.4, 0.5) is 13.2 Å². The highest BCUT2D eigenvalue weighted by atomic mass is 32.2. The number of carboxylic acid groups (broad SMARTS) is 1. The molecule has 0 heterocycles. The quantitative estimate of drug-likeness (QED) is 0.906. The summed E-state index contributed by atoms with van der Waals surface area (Å²) in [5.74, 6) is -1.35. The van der Waals surface area contributed by atoms with Gasteiger partial charge < -0.3 is 5.11 Å². The van der Waals surface area contributed by atoms with E-state index in [9.17, 15) is 26.4 Å². The standard InChI is InChI=1S/C11H11F3O4S/c12-11(13,14)19(17,18)9(6-7-10(15)16)8-4-2-1-3-5-8/h1-5,9H,6-7H2,(H,15,16). The molecular formula is C11H11F3O4S. The van der Waals surface area contributed by atoms with Crippen molar-refractivity contribution in [1.82, 2.24) is 0 Å². The zero-order valence-corrected chi connectivity index (χ0v) is 10.4. The minimum Gasteiger partial charge on any atom is -0.481 e. The van der Waals surface area contributed by atoms with Gasteiger partial charge in [0.2, 0.25) is 0 Å². The normalized spacial score (nSPS) is 14.1. The van der Waals surface area contributed by atoms with Crippen LogP contribution in [0.1, 0.15) is 23.7 Å². The lowest BCUT2D eigenvalue weighted by Gasteiger charge is -2.19. The molecule has 1 unspecified atom stereocenters. The molecule has 0 saturated heterocycles. The molecule has 0 saturated carbocycles. The third-order valence-electron chi connectivity index (χ3n) is 2.49. The highest BCUT2D eigenvalue weighted by Crippen LogP contribution is 2.38. The first kappa shape index (κ1) is 15.5. The summed E-state index contributed by atoms with van der Waals surface area (Å²) < 4.78 is 60.6. The van der Waals surface area contributed by atoms with Gasteiger partial charge >= 0.3 is 11.5 Å². The summed E-state index contributed by atoms with van der Waals surface area (Å²) in [6.45, 7) is 0. The van der Waals surface area contributed by atoms with Gasteiger partial charge in [-0.15, -0.1) is 0 Å². The van der Waals surface area contributed by atoms with Crippen LogP contribution in [0.25, 0.3) is 0 Å². The van der Waals surface area contributed by atoms with Crippen LogP contribution in [0.5, 0.6) is 0 Å². The van der Waals surface area contributed by atoms with Crippen molar-refractivity contribution in [3.63, 3.8) is 0 Å². The molecule has 1 aromatic carbocycles. The van der Waals surface area contributed by atoms with Crippen LogP contribution < -0.4 is 0 Å². The van der Waals surface area contributed by atoms with E-state index in [0.717, 1.165) is 0 Å². The van der Waals surface area contributed by atoms with Gasteiger partial charge in [0, 0.05) is 6.42 Å². The largest absolute Gasteiger partial charge is 0.498 e. The number of halogens is 3. The van der Waals surface area contributed by atoms with E-state index in [1.54, 1.807) is 0 Å². The van der Waals surface area contributed by atoms with Crippen molar-refractivity contribution >= 4 is 15.8 Å². The number of aliphatic carboxylic acids is 1. The number of rotatable bonds is 5. The maximum absolute atomic E-state index is 12.6. The van der Waals surface area contributed by atoms with E-state index in [2.05, 4.69) is 0 Å². The summed E-state index contributed by atoms with van der Waals surface area (Å²) in [7, 11) is -5.45. The van der Waals surface area contributed by atoms with Gasteiger partial charge in [-0.1, -0.05) is 30.3 Å². The summed E-state index contributed by atoms with van der Waals surface area (Å²) in [5, 5.41) is 6.60. The maximum atomic E-state index is 12.6. The Bertz CT molecular complexity index is 537. The maximum Gasteiger partial charge on any atom is 0.498 e. The second-order valence-electron chi connectivity index (χ2n) is 3.82. The molecule has 0 aliphatic heterocycles. The second-order valence-corrected chi connectivity index (χ2v) is 5.94. The average molecular weight is 296 g/mol. The SMILES string of the molecule is O=C(O)CCC(c1ccccc1)S(=O)(=O)C(F)(F)F. The molecule has 1 rings (SSSR count). The van der Waals surface area contributed by atoms with E-state index in [4.69, 9.17) is 5.11 Å². The number of sulfone groups is 1. The number of hydrogen-bond acceptors (Lipinski definition) is 3. The Morgan fingerprint density at radius 3 is 2.16 bits per heavy atom. The lowest BCUT2D eigenvalue weighted by molar-refractivity contribution is -0.137. The van der Waals surface area contributed by atoms with E-state index in [1.807, 2.05) is 0 Å². The lowest BCUT2D eigenvalue weighted by Crippen LogP contribution is -2.29. The zero-order chi connectivity index (χ0) is 14.7. The monoisotopic (exact) mass is 296 g/mol. The molecule has 8 heteroatoms. The van der Waals surface area contributed by atoms with E-state index >= 15 is 0 Å². The molecule has 1 atom stereocenters. The Kier molecular flexibility index (Phi) is 4.56. The zero-order valence-electron chi connectivity index (χ0n) is 9.59. The minimum absolute atomic E-state index is 0.0684. The fourth-order valence-corrected chi connectivity index (χ4v) is 2.85. The summed E-state index contributed by atoms with van der Waals surface area (Å²) in [5.41, 5.74) is -5.48. The van der Waals surface area contributed by atoms with Crippen LogP contribution >= 0.6 is 0 Å². The first-order valence-corrected chi connectivity index (χ1v) is 6.78. The Balaban J connectivity index is 3.18. The molecule has 19 heavy (non-hydrogen) atoms. The van der Waals surface area contributed by atoms with Crippen molar-refractivity contribution in [3.8, 4) is 0 Å². The molecule has 0 aliphatic rings. The van der Waals surface area contributed by atoms with Gasteiger partial charge in [-0.3, -0.25) is 4.79 Å². The Morgan fingerprint density at radius 1 is 1.21 bits per heavy atom. The van der Waals surface area contributed by atoms with E-state index in [0.29, 0.717) is 0 Å². The summed E-state index contributed by atoms with van der Waals surface area (Å²) >= 11 is 0. The van der Waals surface area contributed by atoms with Crippen molar-refractivity contribution in [3.05, 3.63) is 35.9 Å². The summed E-state index contributed by atoms with van der Waals surface area (Å²) in [6, 6.07) is 6.79. The van der Waals surface area contributed by atoms with Gasteiger partial charge in [-0.05, 0) is 12.0 Å². The van der Waals surface area contributed by atoms with E-state index < -0.39 is 39.4 Å². The van der Waals surface area contributed by atoms with Crippen LogP contribution in [-0.4, -0.2) is 25.0 Å². The number of benzene rings is 1. The third-order valence-corrected chi connectivity index (χ3v) is 4.39. The molecule has 0 aliphatic carbocycles. The van der Waals surface area contributed by atoms with Crippen molar-refractivity contribution in [2.75, 3.05) is 0 Å². The first-order chi connectivity index (χ1) is 8.66. The number of carboxylic acids is 1. The van der Waals surface area contributed by atoms with E-state index in [-0.39, 0.29) is 5.56 Å². The Hall–Kier alpha value is -1.57. The first-order valence-electron chi connectivity index (χ1n) is 5.23. The smallest absolute Gasteiger partial charge is 0.481 e. The van der Waals surface area contributed by atoms with Crippen molar-refractivity contribution in [1.29, 1.82) is 0 Å². The van der Waals surface area contributed by atoms with Crippen molar-refractivity contribution in [2.45, 2.75) is 23.6 Å². The predicted octanol–water partition coefficient (Wildman–Crippen LogP) is 2.53. The van der Waals surface area contributed by atoms with Gasteiger partial charge in [-0.2, -0.15) is 13.2 Å². The summed E-state index contributed by atoms with van der Waals surface area (Å²) in [4.78, 5) is 10.4. The molecule has 1 aromatic rings. The average Bonchev–Trinajstić information content (AvgIpc) is 2.28. The molecule has 0 amide bonds. The molecule has 0 aromatic heterocycles. The number of hydrogen-bond donors (Lipinski definition) is 1. The van der Waals surface area contributed by atoms with Crippen LogP contribution in [0.3, 0.4) is 0 Å². The molecule has 4 nitrogen and oxygen atoms in total. The van der Waals surface area contributed by atoms with Crippen LogP contribution in [0.15, 0.2) is 30.3 Å². The predicted molar refractivity (Wildman–Crippen MR) is 61.0 cm³/mol. The molecular weight excluding hydrogens is 285 g/mol. The molecule has 106 valence electrons. The van der Waals surface area contributed by atoms with Crippen LogP contribution in [-0.2, 0) is 14.6 Å². The number of alkyl halides is 3. The van der Waals surface area contributed by atoms with Crippen molar-refractivity contribution in [2.24, 2.45) is 0 Å². The van der Waals surface area contributed by atoms with Crippen LogP contribution in [0.2, 0.25) is 0 Å². The molecule has 0 fully saturated rings. The van der Waals surface area contributed by atoms with Gasteiger partial charge in [0.05, 0.1) is 5.25 Å². The van der Waals surface area contributed by atoms with E-state index in [1.165, 1.54) is 30.3 Å². The summed E-state index contributed by atoms with van der Waals surface area (Å²) in [6.07, 6.45) is -1.28. The molecule has 0 spiro atoms. The van der Waals surface area contributed by atoms with Crippen LogP contribution in [0, 0.1) is 0 Å². The Morgan fingerprint density at radius 2 is 1.74 bits per heavy atom. The van der Waals surface area contributed by atoms with Gasteiger partial charge in [0.15, 0.2) is 0 Å². The molecule has 1 N–H and O–H groups in total. The van der Waals surface area contributed by atoms with Gasteiger partial charge in [-0.25, -0.2) is 8.42 Å². The lowest BCUT2D eigenvalue weighted by atomic mass is 10.1. The fourth-order valence-electron chi connectivity index (χ4n) is 1.58. The number of carbonyl (C=O) groups is 1. The van der Waals surface area contributed by atoms with Crippen molar-refractivity contribution < 1.29 is 31.5 Å². The highest BCUT2D eigenvalue weighted by molar-refractivity contribution is 7.92. The fraction of sp³-hybridized carbons (Fsp3) is 0.364. The highest BCUT2D eigenvalue weighted by Gasteiger charge is 2.50. The third kappa shape index (κ3) is 3.69.